The van der Waals surface area contributed by atoms with Crippen molar-refractivity contribution in [3.8, 4) is 5.75 Å². The SMILES string of the molecule is COc1ccc(SCC2CN=C(N)O2)cc1. The molecule has 0 radical (unpaired) electrons. The van der Waals surface area contributed by atoms with Gasteiger partial charge in [0.05, 0.1) is 13.7 Å². The minimum Gasteiger partial charge on any atom is -0.497 e. The van der Waals surface area contributed by atoms with Crippen LogP contribution in [0.5, 0.6) is 5.75 Å². The Bertz CT molecular complexity index is 378. The van der Waals surface area contributed by atoms with Crippen molar-refractivity contribution < 1.29 is 9.47 Å². The van der Waals surface area contributed by atoms with E-state index in [1.54, 1.807) is 18.9 Å². The number of rotatable bonds is 4. The number of hydrogen-bond acceptors (Lipinski definition) is 5. The monoisotopic (exact) mass is 238 g/mol. The molecule has 1 heterocycles. The zero-order valence-electron chi connectivity index (χ0n) is 9.05. The van der Waals surface area contributed by atoms with Crippen molar-refractivity contribution in [3.05, 3.63) is 24.3 Å². The van der Waals surface area contributed by atoms with Crippen molar-refractivity contribution in [2.24, 2.45) is 10.7 Å². The van der Waals surface area contributed by atoms with E-state index in [0.29, 0.717) is 12.6 Å². The van der Waals surface area contributed by atoms with Crippen molar-refractivity contribution in [2.45, 2.75) is 11.0 Å². The van der Waals surface area contributed by atoms with Crippen LogP contribution in [0.25, 0.3) is 0 Å². The maximum absolute atomic E-state index is 5.43. The maximum Gasteiger partial charge on any atom is 0.282 e. The van der Waals surface area contributed by atoms with E-state index in [-0.39, 0.29) is 6.10 Å². The quantitative estimate of drug-likeness (QED) is 0.808. The molecule has 1 atom stereocenters. The summed E-state index contributed by atoms with van der Waals surface area (Å²) in [6, 6.07) is 8.26. The summed E-state index contributed by atoms with van der Waals surface area (Å²) in [4.78, 5) is 5.19. The van der Waals surface area contributed by atoms with E-state index < -0.39 is 0 Å². The largest absolute Gasteiger partial charge is 0.497 e. The molecule has 16 heavy (non-hydrogen) atoms. The van der Waals surface area contributed by atoms with Crippen molar-refractivity contribution >= 4 is 17.8 Å². The van der Waals surface area contributed by atoms with Crippen molar-refractivity contribution in [1.29, 1.82) is 0 Å². The Morgan fingerprint density at radius 2 is 2.25 bits per heavy atom. The predicted molar refractivity (Wildman–Crippen MR) is 65.1 cm³/mol. The van der Waals surface area contributed by atoms with Crippen LogP contribution in [0.2, 0.25) is 0 Å². The molecule has 5 heteroatoms. The van der Waals surface area contributed by atoms with Gasteiger partial charge in [0.1, 0.15) is 11.9 Å². The van der Waals surface area contributed by atoms with Gasteiger partial charge in [0.25, 0.3) is 6.02 Å². The summed E-state index contributed by atoms with van der Waals surface area (Å²) in [6.07, 6.45) is 0.104. The first-order valence-corrected chi connectivity index (χ1v) is 6.00. The summed E-state index contributed by atoms with van der Waals surface area (Å²) in [5, 5.41) is 0. The van der Waals surface area contributed by atoms with Gasteiger partial charge in [-0.1, -0.05) is 0 Å². The molecule has 0 saturated carbocycles. The van der Waals surface area contributed by atoms with Crippen molar-refractivity contribution in [2.75, 3.05) is 19.4 Å². The third kappa shape index (κ3) is 2.82. The van der Waals surface area contributed by atoms with Crippen molar-refractivity contribution in [3.63, 3.8) is 0 Å². The topological polar surface area (TPSA) is 56.8 Å². The highest BCUT2D eigenvalue weighted by Gasteiger charge is 2.17. The van der Waals surface area contributed by atoms with Gasteiger partial charge < -0.3 is 15.2 Å². The molecule has 0 saturated heterocycles. The number of ether oxygens (including phenoxy) is 2. The average molecular weight is 238 g/mol. The van der Waals surface area contributed by atoms with Crippen LogP contribution in [0, 0.1) is 0 Å². The first-order chi connectivity index (χ1) is 7.78. The van der Waals surface area contributed by atoms with E-state index in [1.165, 1.54) is 4.90 Å². The molecular weight excluding hydrogens is 224 g/mol. The lowest BCUT2D eigenvalue weighted by Gasteiger charge is -2.09. The molecule has 4 nitrogen and oxygen atoms in total. The zero-order valence-corrected chi connectivity index (χ0v) is 9.87. The van der Waals surface area contributed by atoms with E-state index in [0.717, 1.165) is 11.5 Å². The number of thioether (sulfide) groups is 1. The molecule has 1 aromatic rings. The molecule has 0 amide bonds. The van der Waals surface area contributed by atoms with Crippen LogP contribution >= 0.6 is 11.8 Å². The standard InChI is InChI=1S/C11H14N2O2S/c1-14-8-2-4-10(5-3-8)16-7-9-6-13-11(12)15-9/h2-5,9H,6-7H2,1H3,(H2,12,13). The van der Waals surface area contributed by atoms with E-state index in [4.69, 9.17) is 15.2 Å². The van der Waals surface area contributed by atoms with Gasteiger partial charge in [0.2, 0.25) is 0 Å². The molecule has 1 aliphatic heterocycles. The number of amidine groups is 1. The summed E-state index contributed by atoms with van der Waals surface area (Å²) >= 11 is 1.73. The minimum atomic E-state index is 0.104. The minimum absolute atomic E-state index is 0.104. The normalized spacial score (nSPS) is 19.1. The van der Waals surface area contributed by atoms with Gasteiger partial charge in [-0.3, -0.25) is 0 Å². The first kappa shape index (κ1) is 11.1. The molecule has 2 N–H and O–H groups in total. The fourth-order valence-electron chi connectivity index (χ4n) is 1.38. The maximum atomic E-state index is 5.43. The lowest BCUT2D eigenvalue weighted by atomic mass is 10.3. The number of nitrogens with zero attached hydrogens (tertiary/aromatic N) is 1. The lowest BCUT2D eigenvalue weighted by Crippen LogP contribution is -2.19. The second-order valence-corrected chi connectivity index (χ2v) is 4.50. The Morgan fingerprint density at radius 1 is 1.50 bits per heavy atom. The molecule has 1 aromatic carbocycles. The second kappa shape index (κ2) is 5.12. The molecule has 0 bridgehead atoms. The molecule has 86 valence electrons. The number of nitrogens with two attached hydrogens (primary N) is 1. The Morgan fingerprint density at radius 3 is 2.81 bits per heavy atom. The second-order valence-electron chi connectivity index (χ2n) is 3.41. The zero-order chi connectivity index (χ0) is 11.4. The highest BCUT2D eigenvalue weighted by molar-refractivity contribution is 7.99. The molecule has 1 aliphatic rings. The molecule has 1 unspecified atom stereocenters. The number of benzene rings is 1. The highest BCUT2D eigenvalue weighted by atomic mass is 32.2. The summed E-state index contributed by atoms with van der Waals surface area (Å²) in [7, 11) is 1.66. The molecule has 0 fully saturated rings. The molecule has 2 rings (SSSR count). The van der Waals surface area contributed by atoms with Crippen molar-refractivity contribution in [1.82, 2.24) is 0 Å². The van der Waals surface area contributed by atoms with Gasteiger partial charge in [-0.05, 0) is 24.3 Å². The average Bonchev–Trinajstić information content (AvgIpc) is 2.73. The van der Waals surface area contributed by atoms with Crippen LogP contribution in [0.4, 0.5) is 0 Å². The summed E-state index contributed by atoms with van der Waals surface area (Å²) in [5.74, 6) is 1.73. The summed E-state index contributed by atoms with van der Waals surface area (Å²) < 4.78 is 10.4. The summed E-state index contributed by atoms with van der Waals surface area (Å²) in [6.45, 7) is 0.662. The van der Waals surface area contributed by atoms with Crippen LogP contribution in [0.3, 0.4) is 0 Å². The van der Waals surface area contributed by atoms with Gasteiger partial charge in [-0.2, -0.15) is 0 Å². The van der Waals surface area contributed by atoms with E-state index in [9.17, 15) is 0 Å². The van der Waals surface area contributed by atoms with Crippen LogP contribution in [-0.2, 0) is 4.74 Å². The van der Waals surface area contributed by atoms with Gasteiger partial charge in [0, 0.05) is 10.6 Å². The number of aliphatic imine (C=N–C) groups is 1. The fourth-order valence-corrected chi connectivity index (χ4v) is 2.27. The highest BCUT2D eigenvalue weighted by Crippen LogP contribution is 2.23. The van der Waals surface area contributed by atoms with Crippen LogP contribution in [0.1, 0.15) is 0 Å². The van der Waals surface area contributed by atoms with Gasteiger partial charge >= 0.3 is 0 Å². The Labute approximate surface area is 98.8 Å². The molecular formula is C11H14N2O2S. The Kier molecular flexibility index (Phi) is 3.56. The summed E-state index contributed by atoms with van der Waals surface area (Å²) in [5.41, 5.74) is 5.43. The van der Waals surface area contributed by atoms with Gasteiger partial charge in [-0.25, -0.2) is 4.99 Å². The van der Waals surface area contributed by atoms with E-state index in [1.807, 2.05) is 24.3 Å². The molecule has 0 aromatic heterocycles. The van der Waals surface area contributed by atoms with Crippen LogP contribution < -0.4 is 10.5 Å². The first-order valence-electron chi connectivity index (χ1n) is 5.01. The predicted octanol–water partition coefficient (Wildman–Crippen LogP) is 1.50. The van der Waals surface area contributed by atoms with E-state index in [2.05, 4.69) is 4.99 Å². The van der Waals surface area contributed by atoms with Gasteiger partial charge in [-0.15, -0.1) is 11.8 Å². The number of hydrogen-bond donors (Lipinski definition) is 1. The van der Waals surface area contributed by atoms with Crippen LogP contribution in [0.15, 0.2) is 34.2 Å². The lowest BCUT2D eigenvalue weighted by molar-refractivity contribution is 0.247. The molecule has 0 spiro atoms. The third-order valence-electron chi connectivity index (χ3n) is 2.23. The Hall–Kier alpha value is -1.36. The number of methoxy groups -OCH3 is 1. The third-order valence-corrected chi connectivity index (χ3v) is 3.38. The van der Waals surface area contributed by atoms with Gasteiger partial charge in [0.15, 0.2) is 0 Å². The smallest absolute Gasteiger partial charge is 0.282 e. The van der Waals surface area contributed by atoms with Crippen LogP contribution in [-0.4, -0.2) is 31.5 Å². The van der Waals surface area contributed by atoms with E-state index >= 15 is 0 Å². The fraction of sp³-hybridized carbons (Fsp3) is 0.364. The Balaban J connectivity index is 1.81. The molecule has 0 aliphatic carbocycles.